The zero-order valence-corrected chi connectivity index (χ0v) is 10.0. The number of hydrogen-bond donors (Lipinski definition) is 0. The van der Waals surface area contributed by atoms with Crippen molar-refractivity contribution < 1.29 is 40.2 Å². The minimum Gasteiger partial charge on any atom is -0.337 e. The number of rotatable bonds is 7. The van der Waals surface area contributed by atoms with E-state index < -0.39 is 36.5 Å². The quantitative estimate of drug-likeness (QED) is 0.405. The average molecular weight is 307 g/mol. The zero-order chi connectivity index (χ0) is 14.8. The average Bonchev–Trinajstić information content (AvgIpc) is 2.11. The van der Waals surface area contributed by atoms with Gasteiger partial charge in [-0.05, 0) is 18.5 Å². The van der Waals surface area contributed by atoms with Crippen LogP contribution < -0.4 is 0 Å². The van der Waals surface area contributed by atoms with E-state index in [-0.39, 0.29) is 13.8 Å². The molecule has 1 atom stereocenters. The van der Waals surface area contributed by atoms with E-state index in [2.05, 4.69) is 21.1 Å². The SMILES string of the molecule is CC(F)(F)C(C)(OCC(F)(F)Cl)OC(F)(F)CF. The highest BCUT2D eigenvalue weighted by molar-refractivity contribution is 6.21. The standard InChI is InChI=1S/C8H10ClF7O2/c1-5(11,12)6(2,17-4-7(9,13)14)18-8(15,16)3-10/h3-4H2,1-2H3. The van der Waals surface area contributed by atoms with Gasteiger partial charge in [-0.3, -0.25) is 4.74 Å². The van der Waals surface area contributed by atoms with Crippen molar-refractivity contribution in [2.45, 2.75) is 37.0 Å². The van der Waals surface area contributed by atoms with Crippen LogP contribution in [0, 0.1) is 0 Å². The summed E-state index contributed by atoms with van der Waals surface area (Å²) in [6, 6.07) is 0. The Morgan fingerprint density at radius 3 is 1.72 bits per heavy atom. The van der Waals surface area contributed by atoms with Crippen molar-refractivity contribution in [1.29, 1.82) is 0 Å². The molecule has 0 aromatic heterocycles. The first-order chi connectivity index (χ1) is 7.72. The molecule has 0 radical (unpaired) electrons. The molecule has 18 heavy (non-hydrogen) atoms. The van der Waals surface area contributed by atoms with Crippen molar-refractivity contribution in [2.24, 2.45) is 0 Å². The van der Waals surface area contributed by atoms with Gasteiger partial charge in [0.05, 0.1) is 0 Å². The first kappa shape index (κ1) is 17.7. The highest BCUT2D eigenvalue weighted by Crippen LogP contribution is 2.38. The smallest absolute Gasteiger partial charge is 0.337 e. The first-order valence-corrected chi connectivity index (χ1v) is 4.83. The molecule has 0 saturated heterocycles. The number of halogens is 8. The van der Waals surface area contributed by atoms with Crippen LogP contribution in [0.2, 0.25) is 0 Å². The van der Waals surface area contributed by atoms with Crippen molar-refractivity contribution in [3.05, 3.63) is 0 Å². The molecular weight excluding hydrogens is 297 g/mol. The summed E-state index contributed by atoms with van der Waals surface area (Å²) >= 11 is 4.37. The summed E-state index contributed by atoms with van der Waals surface area (Å²) in [5.74, 6) is -7.56. The van der Waals surface area contributed by atoms with Gasteiger partial charge in [-0.1, -0.05) is 0 Å². The van der Waals surface area contributed by atoms with Gasteiger partial charge in [0.15, 0.2) is 6.67 Å². The van der Waals surface area contributed by atoms with Gasteiger partial charge >= 0.3 is 11.5 Å². The molecule has 0 rings (SSSR count). The highest BCUT2D eigenvalue weighted by atomic mass is 35.5. The van der Waals surface area contributed by atoms with Gasteiger partial charge in [0.1, 0.15) is 6.61 Å². The van der Waals surface area contributed by atoms with Crippen LogP contribution in [0.25, 0.3) is 0 Å². The van der Waals surface area contributed by atoms with E-state index >= 15 is 0 Å². The second-order valence-corrected chi connectivity index (χ2v) is 4.16. The summed E-state index contributed by atoms with van der Waals surface area (Å²) in [5, 5.41) is -4.05. The fourth-order valence-corrected chi connectivity index (χ4v) is 0.832. The van der Waals surface area contributed by atoms with Crippen LogP contribution >= 0.6 is 11.6 Å². The lowest BCUT2D eigenvalue weighted by atomic mass is 10.2. The Bertz CT molecular complexity index is 276. The largest absolute Gasteiger partial charge is 0.386 e. The van der Waals surface area contributed by atoms with Gasteiger partial charge in [0.2, 0.25) is 5.79 Å². The molecule has 0 aliphatic heterocycles. The molecule has 0 amide bonds. The molecule has 0 aromatic carbocycles. The van der Waals surface area contributed by atoms with Crippen molar-refractivity contribution in [2.75, 3.05) is 13.3 Å². The molecule has 0 aromatic rings. The highest BCUT2D eigenvalue weighted by Gasteiger charge is 2.55. The third-order valence-corrected chi connectivity index (χ3v) is 1.92. The Morgan fingerprint density at radius 1 is 1.00 bits per heavy atom. The van der Waals surface area contributed by atoms with Crippen LogP contribution in [-0.2, 0) is 9.47 Å². The Hall–Kier alpha value is -0.280. The summed E-state index contributed by atoms with van der Waals surface area (Å²) in [6.07, 6.45) is -4.60. The summed E-state index contributed by atoms with van der Waals surface area (Å²) in [5.41, 5.74) is 0. The van der Waals surface area contributed by atoms with E-state index in [4.69, 9.17) is 0 Å². The van der Waals surface area contributed by atoms with Gasteiger partial charge < -0.3 is 4.74 Å². The molecule has 2 nitrogen and oxygen atoms in total. The van der Waals surface area contributed by atoms with Crippen LogP contribution in [0.4, 0.5) is 30.7 Å². The van der Waals surface area contributed by atoms with Crippen molar-refractivity contribution in [3.63, 3.8) is 0 Å². The second kappa shape index (κ2) is 5.38. The second-order valence-electron chi connectivity index (χ2n) is 3.61. The summed E-state index contributed by atoms with van der Waals surface area (Å²) < 4.78 is 94.8. The van der Waals surface area contributed by atoms with E-state index in [9.17, 15) is 30.7 Å². The molecule has 0 spiro atoms. The topological polar surface area (TPSA) is 18.5 Å². The fourth-order valence-electron chi connectivity index (χ4n) is 0.778. The van der Waals surface area contributed by atoms with E-state index in [1.807, 2.05) is 0 Å². The van der Waals surface area contributed by atoms with E-state index in [1.54, 1.807) is 0 Å². The van der Waals surface area contributed by atoms with Crippen molar-refractivity contribution in [1.82, 2.24) is 0 Å². The molecule has 0 bridgehead atoms. The predicted molar refractivity (Wildman–Crippen MR) is 47.8 cm³/mol. The number of alkyl halides is 8. The van der Waals surface area contributed by atoms with Crippen LogP contribution in [0.5, 0.6) is 0 Å². The van der Waals surface area contributed by atoms with Gasteiger partial charge in [0, 0.05) is 6.92 Å². The van der Waals surface area contributed by atoms with Gasteiger partial charge in [-0.25, -0.2) is 13.2 Å². The molecule has 0 fully saturated rings. The zero-order valence-electron chi connectivity index (χ0n) is 9.25. The Morgan fingerprint density at radius 2 is 1.44 bits per heavy atom. The van der Waals surface area contributed by atoms with E-state index in [0.717, 1.165) is 0 Å². The minimum absolute atomic E-state index is 0.0910. The first-order valence-electron chi connectivity index (χ1n) is 4.45. The molecule has 0 aliphatic rings. The van der Waals surface area contributed by atoms with Crippen molar-refractivity contribution >= 4 is 11.6 Å². The monoisotopic (exact) mass is 306 g/mol. The van der Waals surface area contributed by atoms with Crippen LogP contribution in [0.15, 0.2) is 0 Å². The summed E-state index contributed by atoms with van der Waals surface area (Å²) in [6.45, 7) is -3.86. The lowest BCUT2D eigenvalue weighted by molar-refractivity contribution is -0.416. The maximum absolute atomic E-state index is 13.0. The maximum atomic E-state index is 13.0. The molecule has 0 heterocycles. The Balaban J connectivity index is 4.98. The molecule has 0 saturated carbocycles. The van der Waals surface area contributed by atoms with Crippen LogP contribution in [0.1, 0.15) is 13.8 Å². The number of ether oxygens (including phenoxy) is 2. The molecule has 0 N–H and O–H groups in total. The normalized spacial score (nSPS) is 17.7. The summed E-state index contributed by atoms with van der Waals surface area (Å²) in [7, 11) is 0. The summed E-state index contributed by atoms with van der Waals surface area (Å²) in [4.78, 5) is 0. The van der Waals surface area contributed by atoms with Crippen LogP contribution in [-0.4, -0.2) is 36.5 Å². The minimum atomic E-state index is -4.60. The molecule has 1 unspecified atom stereocenters. The molecule has 10 heteroatoms. The van der Waals surface area contributed by atoms with Crippen molar-refractivity contribution in [3.8, 4) is 0 Å². The Labute approximate surface area is 103 Å². The molecule has 110 valence electrons. The number of hydrogen-bond acceptors (Lipinski definition) is 2. The third kappa shape index (κ3) is 5.57. The van der Waals surface area contributed by atoms with Gasteiger partial charge in [-0.15, -0.1) is 0 Å². The van der Waals surface area contributed by atoms with E-state index in [0.29, 0.717) is 0 Å². The Kier molecular flexibility index (Phi) is 5.29. The van der Waals surface area contributed by atoms with Gasteiger partial charge in [-0.2, -0.15) is 17.6 Å². The maximum Gasteiger partial charge on any atom is 0.386 e. The third-order valence-electron chi connectivity index (χ3n) is 1.81. The fraction of sp³-hybridized carbons (Fsp3) is 1.00. The lowest BCUT2D eigenvalue weighted by Gasteiger charge is -2.37. The van der Waals surface area contributed by atoms with Crippen LogP contribution in [0.3, 0.4) is 0 Å². The predicted octanol–water partition coefficient (Wildman–Crippen LogP) is 3.78. The van der Waals surface area contributed by atoms with E-state index in [1.165, 1.54) is 0 Å². The lowest BCUT2D eigenvalue weighted by Crippen LogP contribution is -2.53. The molecule has 0 aliphatic carbocycles. The molecular formula is C8H10ClF7O2. The van der Waals surface area contributed by atoms with Gasteiger partial charge in [0.25, 0.3) is 5.92 Å².